The molecule has 0 spiro atoms. The summed E-state index contributed by atoms with van der Waals surface area (Å²) < 4.78 is 19.5. The lowest BCUT2D eigenvalue weighted by atomic mass is 9.98. The molecular weight excluding hydrogens is 289 g/mol. The maximum Gasteiger partial charge on any atom is 0.127 e. The predicted molar refractivity (Wildman–Crippen MR) is 84.2 cm³/mol. The molecule has 1 N–H and O–H groups in total. The molecule has 1 unspecified atom stereocenters. The van der Waals surface area contributed by atoms with Gasteiger partial charge in [0.05, 0.1) is 6.26 Å². The quantitative estimate of drug-likeness (QED) is 0.785. The second kappa shape index (κ2) is 7.62. The number of aryl methyl sites for hydroxylation is 1. The van der Waals surface area contributed by atoms with Gasteiger partial charge in [0.2, 0.25) is 0 Å². The molecule has 2 aromatic rings. The highest BCUT2D eigenvalue weighted by atomic mass is 35.5. The van der Waals surface area contributed by atoms with Crippen molar-refractivity contribution in [2.75, 3.05) is 6.54 Å². The zero-order valence-electron chi connectivity index (χ0n) is 12.5. The van der Waals surface area contributed by atoms with E-state index in [2.05, 4.69) is 19.2 Å². The molecule has 0 aliphatic carbocycles. The van der Waals surface area contributed by atoms with Crippen LogP contribution in [0, 0.1) is 5.82 Å². The van der Waals surface area contributed by atoms with Gasteiger partial charge in [0.15, 0.2) is 0 Å². The smallest absolute Gasteiger partial charge is 0.127 e. The highest BCUT2D eigenvalue weighted by Crippen LogP contribution is 2.26. The van der Waals surface area contributed by atoms with Crippen LogP contribution in [0.1, 0.15) is 43.2 Å². The molecule has 0 saturated carbocycles. The largest absolute Gasteiger partial charge is 0.469 e. The number of halogens is 2. The highest BCUT2D eigenvalue weighted by Gasteiger charge is 2.18. The number of hydrogen-bond donors (Lipinski definition) is 1. The molecule has 0 aliphatic rings. The average Bonchev–Trinajstić information content (AvgIpc) is 2.94. The van der Waals surface area contributed by atoms with Crippen LogP contribution in [0.2, 0.25) is 5.02 Å². The Morgan fingerprint density at radius 3 is 2.76 bits per heavy atom. The molecular formula is C17H21ClFNO. The van der Waals surface area contributed by atoms with E-state index in [9.17, 15) is 4.39 Å². The molecule has 2 nitrogen and oxygen atoms in total. The second-order valence-electron chi connectivity index (χ2n) is 5.10. The summed E-state index contributed by atoms with van der Waals surface area (Å²) in [7, 11) is 0. The summed E-state index contributed by atoms with van der Waals surface area (Å²) >= 11 is 5.81. The van der Waals surface area contributed by atoms with Gasteiger partial charge in [-0.1, -0.05) is 31.5 Å². The lowest BCUT2D eigenvalue weighted by Gasteiger charge is -2.19. The summed E-state index contributed by atoms with van der Waals surface area (Å²) in [4.78, 5) is 0. The zero-order valence-corrected chi connectivity index (χ0v) is 13.2. The first kappa shape index (κ1) is 16.1. The van der Waals surface area contributed by atoms with Gasteiger partial charge in [0.25, 0.3) is 0 Å². The van der Waals surface area contributed by atoms with Crippen molar-refractivity contribution < 1.29 is 8.81 Å². The van der Waals surface area contributed by atoms with E-state index in [-0.39, 0.29) is 11.9 Å². The van der Waals surface area contributed by atoms with Crippen molar-refractivity contribution in [3.63, 3.8) is 0 Å². The third-order valence-electron chi connectivity index (χ3n) is 3.56. The molecule has 4 heteroatoms. The molecule has 0 saturated heterocycles. The van der Waals surface area contributed by atoms with E-state index in [0.29, 0.717) is 17.0 Å². The minimum Gasteiger partial charge on any atom is -0.469 e. The van der Waals surface area contributed by atoms with Gasteiger partial charge >= 0.3 is 0 Å². The predicted octanol–water partition coefficient (Wildman–Crippen LogP) is 4.92. The van der Waals surface area contributed by atoms with Crippen molar-refractivity contribution in [3.05, 3.63) is 58.3 Å². The Morgan fingerprint density at radius 1 is 1.29 bits per heavy atom. The van der Waals surface area contributed by atoms with Gasteiger partial charge in [-0.25, -0.2) is 4.39 Å². The van der Waals surface area contributed by atoms with E-state index >= 15 is 0 Å². The van der Waals surface area contributed by atoms with Crippen molar-refractivity contribution in [2.24, 2.45) is 0 Å². The molecule has 2 rings (SSSR count). The van der Waals surface area contributed by atoms with Crippen LogP contribution in [-0.4, -0.2) is 6.54 Å². The molecule has 0 amide bonds. The Morgan fingerprint density at radius 2 is 2.10 bits per heavy atom. The van der Waals surface area contributed by atoms with Crippen LogP contribution in [-0.2, 0) is 12.8 Å². The molecule has 21 heavy (non-hydrogen) atoms. The fourth-order valence-corrected chi connectivity index (χ4v) is 2.62. The maximum absolute atomic E-state index is 14.0. The van der Waals surface area contributed by atoms with Crippen LogP contribution in [0.15, 0.2) is 34.9 Å². The number of hydrogen-bond acceptors (Lipinski definition) is 2. The SMILES string of the molecule is CCCNC(Cc1ccc(Cl)cc1F)c1ccoc1CC. The van der Waals surface area contributed by atoms with Gasteiger partial charge in [-0.05, 0) is 43.1 Å². The van der Waals surface area contributed by atoms with Crippen molar-refractivity contribution in [2.45, 2.75) is 39.2 Å². The first-order valence-electron chi connectivity index (χ1n) is 7.39. The van der Waals surface area contributed by atoms with Crippen LogP contribution in [0.4, 0.5) is 4.39 Å². The van der Waals surface area contributed by atoms with Gasteiger partial charge in [0, 0.05) is 23.0 Å². The van der Waals surface area contributed by atoms with E-state index in [4.69, 9.17) is 16.0 Å². The summed E-state index contributed by atoms with van der Waals surface area (Å²) in [6.45, 7) is 5.05. The van der Waals surface area contributed by atoms with Crippen molar-refractivity contribution >= 4 is 11.6 Å². The van der Waals surface area contributed by atoms with E-state index in [0.717, 1.165) is 30.7 Å². The molecule has 1 aromatic heterocycles. The van der Waals surface area contributed by atoms with Gasteiger partial charge in [-0.2, -0.15) is 0 Å². The molecule has 114 valence electrons. The Kier molecular flexibility index (Phi) is 5.83. The van der Waals surface area contributed by atoms with Crippen LogP contribution in [0.5, 0.6) is 0 Å². The van der Waals surface area contributed by atoms with E-state index in [1.165, 1.54) is 6.07 Å². The van der Waals surface area contributed by atoms with E-state index in [1.807, 2.05) is 6.07 Å². The fraction of sp³-hybridized carbons (Fsp3) is 0.412. The van der Waals surface area contributed by atoms with Gasteiger partial charge < -0.3 is 9.73 Å². The van der Waals surface area contributed by atoms with Crippen LogP contribution < -0.4 is 5.32 Å². The Hall–Kier alpha value is -1.32. The molecule has 0 fully saturated rings. The summed E-state index contributed by atoms with van der Waals surface area (Å²) in [6, 6.07) is 6.87. The molecule has 1 heterocycles. The van der Waals surface area contributed by atoms with Crippen LogP contribution in [0.25, 0.3) is 0 Å². The van der Waals surface area contributed by atoms with Crippen LogP contribution >= 0.6 is 11.6 Å². The Bertz CT molecular complexity index is 582. The number of nitrogens with one attached hydrogen (secondary N) is 1. The number of benzene rings is 1. The van der Waals surface area contributed by atoms with Gasteiger partial charge in [-0.15, -0.1) is 0 Å². The van der Waals surface area contributed by atoms with Crippen molar-refractivity contribution in [1.82, 2.24) is 5.32 Å². The van der Waals surface area contributed by atoms with Crippen LogP contribution in [0.3, 0.4) is 0 Å². The minimum atomic E-state index is -0.257. The summed E-state index contributed by atoms with van der Waals surface area (Å²) in [5.74, 6) is 0.699. The summed E-state index contributed by atoms with van der Waals surface area (Å²) in [6.07, 6.45) is 4.14. The topological polar surface area (TPSA) is 25.2 Å². The summed E-state index contributed by atoms with van der Waals surface area (Å²) in [5, 5.41) is 3.90. The average molecular weight is 310 g/mol. The number of rotatable bonds is 7. The van der Waals surface area contributed by atoms with Gasteiger partial charge in [-0.3, -0.25) is 0 Å². The fourth-order valence-electron chi connectivity index (χ4n) is 2.47. The third-order valence-corrected chi connectivity index (χ3v) is 3.79. The molecule has 0 bridgehead atoms. The lowest BCUT2D eigenvalue weighted by molar-refractivity contribution is 0.476. The maximum atomic E-state index is 14.0. The standard InChI is InChI=1S/C17H21ClFNO/c1-3-8-20-16(14-7-9-21-17(14)4-2)10-12-5-6-13(18)11-15(12)19/h5-7,9,11,16,20H,3-4,8,10H2,1-2H3. The number of furan rings is 1. The van der Waals surface area contributed by atoms with Gasteiger partial charge in [0.1, 0.15) is 11.6 Å². The normalized spacial score (nSPS) is 12.6. The monoisotopic (exact) mass is 309 g/mol. The van der Waals surface area contributed by atoms with E-state index < -0.39 is 0 Å². The molecule has 1 aromatic carbocycles. The molecule has 0 aliphatic heterocycles. The van der Waals surface area contributed by atoms with E-state index in [1.54, 1.807) is 18.4 Å². The minimum absolute atomic E-state index is 0.0503. The third kappa shape index (κ3) is 4.08. The zero-order chi connectivity index (χ0) is 15.2. The lowest BCUT2D eigenvalue weighted by Crippen LogP contribution is -2.25. The Balaban J connectivity index is 2.24. The Labute approximate surface area is 130 Å². The first-order valence-corrected chi connectivity index (χ1v) is 7.77. The van der Waals surface area contributed by atoms with Crippen molar-refractivity contribution in [1.29, 1.82) is 0 Å². The molecule has 0 radical (unpaired) electrons. The van der Waals surface area contributed by atoms with Crippen molar-refractivity contribution in [3.8, 4) is 0 Å². The highest BCUT2D eigenvalue weighted by molar-refractivity contribution is 6.30. The first-order chi connectivity index (χ1) is 10.2. The molecule has 1 atom stereocenters. The second-order valence-corrected chi connectivity index (χ2v) is 5.54. The summed E-state index contributed by atoms with van der Waals surface area (Å²) in [5.41, 5.74) is 1.77.